The molecule has 0 unspecified atom stereocenters. The van der Waals surface area contributed by atoms with Gasteiger partial charge in [-0.2, -0.15) is 0 Å². The molecule has 0 bridgehead atoms. The van der Waals surface area contributed by atoms with E-state index in [1.54, 1.807) is 7.11 Å². The standard InChI is InChI=1S/C15H27N3O2/c1-4-13(5-2)17-15(19)12-18-9-6-7-14(18)11-16-8-10-20-3/h6-7,9,13,16H,4-5,8,10-12H2,1-3H3,(H,17,19). The van der Waals surface area contributed by atoms with Crippen LogP contribution in [0.2, 0.25) is 0 Å². The number of nitrogens with one attached hydrogen (secondary N) is 2. The van der Waals surface area contributed by atoms with E-state index in [2.05, 4.69) is 24.5 Å². The first-order chi connectivity index (χ1) is 9.71. The number of ether oxygens (including phenoxy) is 1. The molecule has 1 rings (SSSR count). The Morgan fingerprint density at radius 3 is 2.80 bits per heavy atom. The fraction of sp³-hybridized carbons (Fsp3) is 0.667. The molecule has 0 aliphatic heterocycles. The van der Waals surface area contributed by atoms with E-state index in [0.29, 0.717) is 13.2 Å². The summed E-state index contributed by atoms with van der Waals surface area (Å²) in [6.07, 6.45) is 3.89. The van der Waals surface area contributed by atoms with Crippen LogP contribution in [0, 0.1) is 0 Å². The maximum absolute atomic E-state index is 12.0. The van der Waals surface area contributed by atoms with Gasteiger partial charge in [-0.15, -0.1) is 0 Å². The number of rotatable bonds is 10. The summed E-state index contributed by atoms with van der Waals surface area (Å²) < 4.78 is 6.97. The fourth-order valence-electron chi connectivity index (χ4n) is 2.08. The lowest BCUT2D eigenvalue weighted by atomic mass is 10.2. The Balaban J connectivity index is 2.43. The van der Waals surface area contributed by atoms with E-state index in [1.807, 2.05) is 22.9 Å². The third-order valence-electron chi connectivity index (χ3n) is 3.38. The summed E-state index contributed by atoms with van der Waals surface area (Å²) in [5, 5.41) is 6.35. The maximum Gasteiger partial charge on any atom is 0.240 e. The first kappa shape index (κ1) is 16.7. The van der Waals surface area contributed by atoms with Crippen molar-refractivity contribution in [3.63, 3.8) is 0 Å². The van der Waals surface area contributed by atoms with Gasteiger partial charge in [0.05, 0.1) is 6.61 Å². The molecule has 1 aromatic rings. The number of hydrogen-bond donors (Lipinski definition) is 2. The van der Waals surface area contributed by atoms with Crippen LogP contribution in [0.25, 0.3) is 0 Å². The molecule has 0 aromatic carbocycles. The molecule has 1 amide bonds. The van der Waals surface area contributed by atoms with Crippen molar-refractivity contribution < 1.29 is 9.53 Å². The van der Waals surface area contributed by atoms with Gasteiger partial charge in [0.1, 0.15) is 6.54 Å². The van der Waals surface area contributed by atoms with Gasteiger partial charge in [-0.3, -0.25) is 4.79 Å². The highest BCUT2D eigenvalue weighted by Gasteiger charge is 2.10. The number of carbonyl (C=O) groups is 1. The van der Waals surface area contributed by atoms with E-state index >= 15 is 0 Å². The fourth-order valence-corrected chi connectivity index (χ4v) is 2.08. The number of aromatic nitrogens is 1. The van der Waals surface area contributed by atoms with E-state index in [1.165, 1.54) is 0 Å². The second-order valence-electron chi connectivity index (χ2n) is 4.88. The molecule has 0 saturated heterocycles. The molecule has 0 spiro atoms. The average molecular weight is 281 g/mol. The summed E-state index contributed by atoms with van der Waals surface area (Å²) in [5.74, 6) is 0.0769. The van der Waals surface area contributed by atoms with Crippen LogP contribution in [0.1, 0.15) is 32.4 Å². The zero-order valence-electron chi connectivity index (χ0n) is 12.8. The van der Waals surface area contributed by atoms with E-state index < -0.39 is 0 Å². The monoisotopic (exact) mass is 281 g/mol. The van der Waals surface area contributed by atoms with E-state index in [9.17, 15) is 4.79 Å². The number of nitrogens with zero attached hydrogens (tertiary/aromatic N) is 1. The SMILES string of the molecule is CCC(CC)NC(=O)Cn1cccc1CNCCOC. The van der Waals surface area contributed by atoms with Gasteiger partial charge in [-0.1, -0.05) is 13.8 Å². The Labute approximate surface area is 121 Å². The van der Waals surface area contributed by atoms with Crippen molar-refractivity contribution in [1.29, 1.82) is 0 Å². The van der Waals surface area contributed by atoms with Crippen molar-refractivity contribution >= 4 is 5.91 Å². The van der Waals surface area contributed by atoms with E-state index in [-0.39, 0.29) is 11.9 Å². The molecule has 0 radical (unpaired) electrons. The lowest BCUT2D eigenvalue weighted by Crippen LogP contribution is -2.36. The highest BCUT2D eigenvalue weighted by atomic mass is 16.5. The van der Waals surface area contributed by atoms with Crippen molar-refractivity contribution in [3.8, 4) is 0 Å². The highest BCUT2D eigenvalue weighted by molar-refractivity contribution is 5.76. The van der Waals surface area contributed by atoms with Crippen molar-refractivity contribution in [3.05, 3.63) is 24.0 Å². The highest BCUT2D eigenvalue weighted by Crippen LogP contribution is 2.03. The normalized spacial score (nSPS) is 11.0. The van der Waals surface area contributed by atoms with Gasteiger partial charge in [-0.05, 0) is 25.0 Å². The predicted molar refractivity (Wildman–Crippen MR) is 80.5 cm³/mol. The molecule has 0 aliphatic carbocycles. The number of carbonyl (C=O) groups excluding carboxylic acids is 1. The molecule has 20 heavy (non-hydrogen) atoms. The second kappa shape index (κ2) is 9.55. The van der Waals surface area contributed by atoms with Crippen LogP contribution in [0.4, 0.5) is 0 Å². The summed E-state index contributed by atoms with van der Waals surface area (Å²) in [6.45, 7) is 6.81. The van der Waals surface area contributed by atoms with E-state index in [4.69, 9.17) is 4.74 Å². The van der Waals surface area contributed by atoms with Crippen LogP contribution in [0.15, 0.2) is 18.3 Å². The number of methoxy groups -OCH3 is 1. The van der Waals surface area contributed by atoms with Crippen LogP contribution < -0.4 is 10.6 Å². The van der Waals surface area contributed by atoms with Crippen LogP contribution in [0.3, 0.4) is 0 Å². The number of hydrogen-bond acceptors (Lipinski definition) is 3. The maximum atomic E-state index is 12.0. The molecule has 114 valence electrons. The minimum Gasteiger partial charge on any atom is -0.383 e. The Morgan fingerprint density at radius 1 is 1.40 bits per heavy atom. The summed E-state index contributed by atoms with van der Waals surface area (Å²) >= 11 is 0. The van der Waals surface area contributed by atoms with Gasteiger partial charge in [-0.25, -0.2) is 0 Å². The van der Waals surface area contributed by atoms with Crippen LogP contribution >= 0.6 is 0 Å². The quantitative estimate of drug-likeness (QED) is 0.640. The largest absolute Gasteiger partial charge is 0.383 e. The number of amides is 1. The average Bonchev–Trinajstić information content (AvgIpc) is 2.88. The van der Waals surface area contributed by atoms with Gasteiger partial charge in [0, 0.05) is 38.1 Å². The minimum atomic E-state index is 0.0769. The molecule has 2 N–H and O–H groups in total. The van der Waals surface area contributed by atoms with Gasteiger partial charge >= 0.3 is 0 Å². The van der Waals surface area contributed by atoms with Crippen LogP contribution in [-0.4, -0.2) is 36.8 Å². The van der Waals surface area contributed by atoms with Crippen molar-refractivity contribution in [2.75, 3.05) is 20.3 Å². The summed E-state index contributed by atoms with van der Waals surface area (Å²) in [7, 11) is 1.69. The summed E-state index contributed by atoms with van der Waals surface area (Å²) in [4.78, 5) is 12.0. The molecule has 0 saturated carbocycles. The van der Waals surface area contributed by atoms with Crippen molar-refractivity contribution in [2.24, 2.45) is 0 Å². The molecule has 1 heterocycles. The molecule has 0 atom stereocenters. The third kappa shape index (κ3) is 5.75. The summed E-state index contributed by atoms with van der Waals surface area (Å²) in [5.41, 5.74) is 1.11. The Morgan fingerprint density at radius 2 is 2.15 bits per heavy atom. The molecule has 1 aromatic heterocycles. The zero-order chi connectivity index (χ0) is 14.8. The first-order valence-corrected chi connectivity index (χ1v) is 7.34. The van der Waals surface area contributed by atoms with Gasteiger partial charge < -0.3 is 19.9 Å². The minimum absolute atomic E-state index is 0.0769. The molecule has 5 nitrogen and oxygen atoms in total. The second-order valence-corrected chi connectivity index (χ2v) is 4.88. The first-order valence-electron chi connectivity index (χ1n) is 7.34. The van der Waals surface area contributed by atoms with Crippen molar-refractivity contribution in [2.45, 2.75) is 45.8 Å². The zero-order valence-corrected chi connectivity index (χ0v) is 12.8. The lowest BCUT2D eigenvalue weighted by molar-refractivity contribution is -0.122. The lowest BCUT2D eigenvalue weighted by Gasteiger charge is -2.16. The van der Waals surface area contributed by atoms with Crippen LogP contribution in [-0.2, 0) is 22.6 Å². The topological polar surface area (TPSA) is 55.3 Å². The molecule has 0 fully saturated rings. The van der Waals surface area contributed by atoms with Gasteiger partial charge in [0.2, 0.25) is 5.91 Å². The molecular weight excluding hydrogens is 254 g/mol. The Hall–Kier alpha value is -1.33. The predicted octanol–water partition coefficient (Wildman–Crippen LogP) is 1.53. The Kier molecular flexibility index (Phi) is 7.99. The molecular formula is C15H27N3O2. The molecule has 5 heteroatoms. The molecule has 0 aliphatic rings. The Bertz CT molecular complexity index is 386. The van der Waals surface area contributed by atoms with E-state index in [0.717, 1.165) is 31.6 Å². The third-order valence-corrected chi connectivity index (χ3v) is 3.38. The smallest absolute Gasteiger partial charge is 0.240 e. The van der Waals surface area contributed by atoms with Gasteiger partial charge in [0.25, 0.3) is 0 Å². The van der Waals surface area contributed by atoms with Gasteiger partial charge in [0.15, 0.2) is 0 Å². The van der Waals surface area contributed by atoms with Crippen molar-refractivity contribution in [1.82, 2.24) is 15.2 Å². The van der Waals surface area contributed by atoms with Crippen LogP contribution in [0.5, 0.6) is 0 Å². The summed E-state index contributed by atoms with van der Waals surface area (Å²) in [6, 6.07) is 4.28.